The number of ether oxygens (including phenoxy) is 1. The van der Waals surface area contributed by atoms with Gasteiger partial charge < -0.3 is 26.2 Å². The van der Waals surface area contributed by atoms with Crippen LogP contribution in [0.2, 0.25) is 0 Å². The number of amides is 2. The molecule has 1 aromatic carbocycles. The van der Waals surface area contributed by atoms with E-state index in [-0.39, 0.29) is 22.9 Å². The number of hydrogen-bond acceptors (Lipinski definition) is 6. The third-order valence-corrected chi connectivity index (χ3v) is 4.58. The molecule has 5 N–H and O–H groups in total. The Morgan fingerprint density at radius 3 is 2.48 bits per heavy atom. The average molecular weight is 397 g/mol. The standard InChI is InChI=1S/C18H27N3O5S/c1-3-5-15(19)17(23)21-14-9-12(18(24)25)8-13(10-14)20-16(22)11-27-7-4-6-26-2/h8-10,15H,3-7,11,19H2,1-2H3,(H,20,22)(H,21,23)(H,24,25). The first-order valence-corrected chi connectivity index (χ1v) is 9.84. The van der Waals surface area contributed by atoms with Gasteiger partial charge in [0.1, 0.15) is 0 Å². The van der Waals surface area contributed by atoms with Gasteiger partial charge in [-0.15, -0.1) is 0 Å². The third-order valence-electron chi connectivity index (χ3n) is 3.54. The molecule has 0 aromatic heterocycles. The number of carbonyl (C=O) groups is 3. The zero-order chi connectivity index (χ0) is 20.2. The molecule has 0 aliphatic rings. The smallest absolute Gasteiger partial charge is 0.335 e. The van der Waals surface area contributed by atoms with E-state index in [1.807, 2.05) is 6.92 Å². The highest BCUT2D eigenvalue weighted by molar-refractivity contribution is 7.99. The summed E-state index contributed by atoms with van der Waals surface area (Å²) in [7, 11) is 1.62. The van der Waals surface area contributed by atoms with E-state index in [4.69, 9.17) is 10.5 Å². The molecule has 0 saturated carbocycles. The molecular formula is C18H27N3O5S. The lowest BCUT2D eigenvalue weighted by atomic mass is 10.1. The summed E-state index contributed by atoms with van der Waals surface area (Å²) in [5.74, 6) is -0.782. The molecule has 0 aliphatic heterocycles. The van der Waals surface area contributed by atoms with E-state index in [9.17, 15) is 19.5 Å². The Hall–Kier alpha value is -2.10. The first-order valence-electron chi connectivity index (χ1n) is 8.68. The van der Waals surface area contributed by atoms with Gasteiger partial charge in [0.05, 0.1) is 17.4 Å². The quantitative estimate of drug-likeness (QED) is 0.398. The number of thioether (sulfide) groups is 1. The van der Waals surface area contributed by atoms with Gasteiger partial charge in [-0.25, -0.2) is 4.79 Å². The van der Waals surface area contributed by atoms with Gasteiger partial charge in [-0.1, -0.05) is 13.3 Å². The van der Waals surface area contributed by atoms with E-state index in [0.717, 1.165) is 18.6 Å². The lowest BCUT2D eigenvalue weighted by Crippen LogP contribution is -2.35. The van der Waals surface area contributed by atoms with E-state index in [1.54, 1.807) is 7.11 Å². The van der Waals surface area contributed by atoms with Crippen molar-refractivity contribution < 1.29 is 24.2 Å². The minimum atomic E-state index is -1.16. The third kappa shape index (κ3) is 8.89. The molecule has 0 saturated heterocycles. The normalized spacial score (nSPS) is 11.7. The number of nitrogens with one attached hydrogen (secondary N) is 2. The fourth-order valence-electron chi connectivity index (χ4n) is 2.24. The topological polar surface area (TPSA) is 131 Å². The van der Waals surface area contributed by atoms with Gasteiger partial charge in [-0.3, -0.25) is 9.59 Å². The zero-order valence-corrected chi connectivity index (χ0v) is 16.4. The summed E-state index contributed by atoms with van der Waals surface area (Å²) in [6, 6.07) is 3.51. The Bertz CT molecular complexity index is 654. The van der Waals surface area contributed by atoms with Crippen molar-refractivity contribution in [2.75, 3.05) is 35.9 Å². The molecule has 0 spiro atoms. The number of aromatic carboxylic acids is 1. The molecule has 0 heterocycles. The fraction of sp³-hybridized carbons (Fsp3) is 0.500. The van der Waals surface area contributed by atoms with Crippen LogP contribution in [0.4, 0.5) is 11.4 Å². The van der Waals surface area contributed by atoms with Crippen molar-refractivity contribution in [2.45, 2.75) is 32.2 Å². The van der Waals surface area contributed by atoms with Gasteiger partial charge in [0.25, 0.3) is 0 Å². The van der Waals surface area contributed by atoms with Crippen LogP contribution in [-0.2, 0) is 14.3 Å². The van der Waals surface area contributed by atoms with E-state index in [0.29, 0.717) is 18.7 Å². The van der Waals surface area contributed by atoms with Crippen LogP contribution in [0.5, 0.6) is 0 Å². The number of carboxylic acids is 1. The summed E-state index contributed by atoms with van der Waals surface area (Å²) in [4.78, 5) is 35.4. The van der Waals surface area contributed by atoms with Crippen LogP contribution in [-0.4, -0.2) is 54.2 Å². The lowest BCUT2D eigenvalue weighted by molar-refractivity contribution is -0.117. The van der Waals surface area contributed by atoms with Crippen LogP contribution in [0.25, 0.3) is 0 Å². The molecule has 0 bridgehead atoms. The molecular weight excluding hydrogens is 370 g/mol. The van der Waals surface area contributed by atoms with Crippen LogP contribution in [0.3, 0.4) is 0 Å². The van der Waals surface area contributed by atoms with E-state index >= 15 is 0 Å². The van der Waals surface area contributed by atoms with Gasteiger partial charge in [0.2, 0.25) is 11.8 Å². The van der Waals surface area contributed by atoms with Crippen molar-refractivity contribution in [1.29, 1.82) is 0 Å². The van der Waals surface area contributed by atoms with Gasteiger partial charge in [0, 0.05) is 25.1 Å². The van der Waals surface area contributed by atoms with Crippen LogP contribution < -0.4 is 16.4 Å². The largest absolute Gasteiger partial charge is 0.478 e. The minimum Gasteiger partial charge on any atom is -0.478 e. The molecule has 0 radical (unpaired) electrons. The minimum absolute atomic E-state index is 0.0417. The molecule has 0 aliphatic carbocycles. The number of hydrogen-bond donors (Lipinski definition) is 4. The molecule has 150 valence electrons. The predicted molar refractivity (Wildman–Crippen MR) is 107 cm³/mol. The summed E-state index contributed by atoms with van der Waals surface area (Å²) in [5.41, 5.74) is 6.31. The highest BCUT2D eigenvalue weighted by Gasteiger charge is 2.15. The summed E-state index contributed by atoms with van der Waals surface area (Å²) >= 11 is 1.46. The van der Waals surface area contributed by atoms with E-state index < -0.39 is 17.9 Å². The summed E-state index contributed by atoms with van der Waals surface area (Å²) < 4.78 is 4.94. The van der Waals surface area contributed by atoms with Crippen molar-refractivity contribution in [3.8, 4) is 0 Å². The fourth-order valence-corrected chi connectivity index (χ4v) is 2.96. The number of carboxylic acid groups (broad SMARTS) is 1. The SMILES string of the molecule is CCCC(N)C(=O)Nc1cc(NC(=O)CSCCCOC)cc(C(=O)O)c1. The second-order valence-electron chi connectivity index (χ2n) is 5.94. The Labute approximate surface area is 163 Å². The van der Waals surface area contributed by atoms with E-state index in [2.05, 4.69) is 10.6 Å². The summed E-state index contributed by atoms with van der Waals surface area (Å²) in [5, 5.41) is 14.5. The van der Waals surface area contributed by atoms with Gasteiger partial charge in [-0.2, -0.15) is 11.8 Å². The average Bonchev–Trinajstić information content (AvgIpc) is 2.61. The Balaban J connectivity index is 2.76. The second-order valence-corrected chi connectivity index (χ2v) is 7.04. The first-order chi connectivity index (χ1) is 12.9. The Morgan fingerprint density at radius 1 is 1.22 bits per heavy atom. The number of nitrogens with two attached hydrogens (primary N) is 1. The molecule has 1 unspecified atom stereocenters. The second kappa shape index (κ2) is 12.3. The molecule has 8 nitrogen and oxygen atoms in total. The van der Waals surface area contributed by atoms with Crippen molar-refractivity contribution in [3.63, 3.8) is 0 Å². The lowest BCUT2D eigenvalue weighted by Gasteiger charge is -2.13. The maximum Gasteiger partial charge on any atom is 0.335 e. The number of benzene rings is 1. The number of rotatable bonds is 12. The number of anilines is 2. The molecule has 2 amide bonds. The van der Waals surface area contributed by atoms with E-state index in [1.165, 1.54) is 30.0 Å². The number of carbonyl (C=O) groups excluding carboxylic acids is 2. The molecule has 1 aromatic rings. The van der Waals surface area contributed by atoms with Gasteiger partial charge >= 0.3 is 5.97 Å². The highest BCUT2D eigenvalue weighted by Crippen LogP contribution is 2.20. The van der Waals surface area contributed by atoms with Crippen LogP contribution >= 0.6 is 11.8 Å². The molecule has 0 fully saturated rings. The van der Waals surface area contributed by atoms with Crippen molar-refractivity contribution >= 4 is 40.9 Å². The summed E-state index contributed by atoms with van der Waals surface area (Å²) in [6.45, 7) is 2.55. The first kappa shape index (κ1) is 22.9. The maximum absolute atomic E-state index is 12.1. The van der Waals surface area contributed by atoms with Crippen LogP contribution in [0.15, 0.2) is 18.2 Å². The molecule has 27 heavy (non-hydrogen) atoms. The van der Waals surface area contributed by atoms with Crippen molar-refractivity contribution in [3.05, 3.63) is 23.8 Å². The Kier molecular flexibility index (Phi) is 10.5. The molecule has 1 rings (SSSR count). The Morgan fingerprint density at radius 2 is 1.89 bits per heavy atom. The van der Waals surface area contributed by atoms with Crippen LogP contribution in [0.1, 0.15) is 36.5 Å². The van der Waals surface area contributed by atoms with Crippen molar-refractivity contribution in [1.82, 2.24) is 0 Å². The van der Waals surface area contributed by atoms with Gasteiger partial charge in [-0.05, 0) is 36.8 Å². The monoisotopic (exact) mass is 397 g/mol. The highest BCUT2D eigenvalue weighted by atomic mass is 32.2. The maximum atomic E-state index is 12.1. The van der Waals surface area contributed by atoms with Crippen molar-refractivity contribution in [2.24, 2.45) is 5.73 Å². The van der Waals surface area contributed by atoms with Gasteiger partial charge in [0.15, 0.2) is 0 Å². The van der Waals surface area contributed by atoms with Crippen LogP contribution in [0, 0.1) is 0 Å². The predicted octanol–water partition coefficient (Wildman–Crippen LogP) is 2.16. The molecule has 9 heteroatoms. The number of methoxy groups -OCH3 is 1. The zero-order valence-electron chi connectivity index (χ0n) is 15.6. The molecule has 1 atom stereocenters. The summed E-state index contributed by atoms with van der Waals surface area (Å²) in [6.07, 6.45) is 2.12.